The van der Waals surface area contributed by atoms with E-state index < -0.39 is 10.0 Å². The standard InChI is InChI=1S/C18H27N3O5S/c1-25-15-5-6-16(26-2)17(13-15)27(23,24)21-11-9-19(10-12-21)14-18(22)20-7-3-4-8-20/h5-6,13H,3-4,7-12,14H2,1-2H3. The minimum absolute atomic E-state index is 0.103. The van der Waals surface area contributed by atoms with Crippen LogP contribution in [-0.4, -0.2) is 88.5 Å². The van der Waals surface area contributed by atoms with Gasteiger partial charge in [-0.25, -0.2) is 8.42 Å². The fourth-order valence-corrected chi connectivity index (χ4v) is 5.10. The molecule has 1 aromatic rings. The Labute approximate surface area is 160 Å². The molecule has 0 saturated carbocycles. The summed E-state index contributed by atoms with van der Waals surface area (Å²) in [7, 11) is -0.757. The van der Waals surface area contributed by atoms with Gasteiger partial charge in [-0.05, 0) is 25.0 Å². The van der Waals surface area contributed by atoms with Gasteiger partial charge in [0.2, 0.25) is 15.9 Å². The molecule has 1 amide bonds. The van der Waals surface area contributed by atoms with Crippen LogP contribution in [0.3, 0.4) is 0 Å². The van der Waals surface area contributed by atoms with Crippen LogP contribution in [0.1, 0.15) is 12.8 Å². The minimum Gasteiger partial charge on any atom is -0.497 e. The van der Waals surface area contributed by atoms with Crippen LogP contribution in [-0.2, 0) is 14.8 Å². The lowest BCUT2D eigenvalue weighted by Crippen LogP contribution is -2.51. The van der Waals surface area contributed by atoms with Crippen LogP contribution >= 0.6 is 0 Å². The number of rotatable bonds is 6. The van der Waals surface area contributed by atoms with Crippen LogP contribution in [0.2, 0.25) is 0 Å². The van der Waals surface area contributed by atoms with E-state index >= 15 is 0 Å². The first-order valence-electron chi connectivity index (χ1n) is 9.18. The van der Waals surface area contributed by atoms with E-state index in [4.69, 9.17) is 9.47 Å². The monoisotopic (exact) mass is 397 g/mol. The van der Waals surface area contributed by atoms with Crippen molar-refractivity contribution in [1.29, 1.82) is 0 Å². The van der Waals surface area contributed by atoms with Gasteiger partial charge in [0.05, 0.1) is 20.8 Å². The predicted octanol–water partition coefficient (Wildman–Crippen LogP) is 0.633. The fraction of sp³-hybridized carbons (Fsp3) is 0.611. The molecule has 0 aliphatic carbocycles. The predicted molar refractivity (Wildman–Crippen MR) is 101 cm³/mol. The van der Waals surface area contributed by atoms with Gasteiger partial charge >= 0.3 is 0 Å². The van der Waals surface area contributed by atoms with E-state index in [1.807, 2.05) is 9.80 Å². The fourth-order valence-electron chi connectivity index (χ4n) is 3.51. The van der Waals surface area contributed by atoms with Crippen molar-refractivity contribution in [3.8, 4) is 11.5 Å². The van der Waals surface area contributed by atoms with Crippen LogP contribution in [0, 0.1) is 0 Å². The number of likely N-dealkylation sites (tertiary alicyclic amines) is 1. The summed E-state index contributed by atoms with van der Waals surface area (Å²) in [5, 5.41) is 0. The van der Waals surface area contributed by atoms with Gasteiger partial charge in [-0.1, -0.05) is 0 Å². The Morgan fingerprint density at radius 1 is 1.00 bits per heavy atom. The molecule has 0 bridgehead atoms. The molecule has 8 nitrogen and oxygen atoms in total. The maximum Gasteiger partial charge on any atom is 0.246 e. The average molecular weight is 397 g/mol. The summed E-state index contributed by atoms with van der Waals surface area (Å²) in [6.45, 7) is 3.78. The molecule has 2 heterocycles. The summed E-state index contributed by atoms with van der Waals surface area (Å²) in [6, 6.07) is 4.74. The highest BCUT2D eigenvalue weighted by Gasteiger charge is 2.32. The number of ether oxygens (including phenoxy) is 2. The van der Waals surface area contributed by atoms with Gasteiger partial charge in [-0.15, -0.1) is 0 Å². The summed E-state index contributed by atoms with van der Waals surface area (Å²) in [5.74, 6) is 0.893. The Hall–Kier alpha value is -1.84. The molecule has 2 aliphatic heterocycles. The Balaban J connectivity index is 1.65. The highest BCUT2D eigenvalue weighted by molar-refractivity contribution is 7.89. The molecule has 0 radical (unpaired) electrons. The second-order valence-electron chi connectivity index (χ2n) is 6.78. The second kappa shape index (κ2) is 8.45. The van der Waals surface area contributed by atoms with Crippen molar-refractivity contribution in [2.24, 2.45) is 0 Å². The number of methoxy groups -OCH3 is 2. The number of nitrogens with zero attached hydrogens (tertiary/aromatic N) is 3. The first-order chi connectivity index (χ1) is 13.0. The van der Waals surface area contributed by atoms with Crippen molar-refractivity contribution < 1.29 is 22.7 Å². The van der Waals surface area contributed by atoms with Gasteiger partial charge in [0.25, 0.3) is 0 Å². The number of sulfonamides is 1. The van der Waals surface area contributed by atoms with Crippen molar-refractivity contribution in [3.05, 3.63) is 18.2 Å². The quantitative estimate of drug-likeness (QED) is 0.701. The van der Waals surface area contributed by atoms with E-state index in [1.54, 1.807) is 12.1 Å². The molecule has 0 atom stereocenters. The molecule has 3 rings (SSSR count). The highest BCUT2D eigenvalue weighted by atomic mass is 32.2. The molecule has 2 aliphatic rings. The SMILES string of the molecule is COc1ccc(OC)c(S(=O)(=O)N2CCN(CC(=O)N3CCCC3)CC2)c1. The first-order valence-corrected chi connectivity index (χ1v) is 10.6. The van der Waals surface area contributed by atoms with E-state index in [-0.39, 0.29) is 10.8 Å². The average Bonchev–Trinajstić information content (AvgIpc) is 3.23. The smallest absolute Gasteiger partial charge is 0.246 e. The molecule has 0 unspecified atom stereocenters. The molecular formula is C18H27N3O5S. The summed E-state index contributed by atoms with van der Waals surface area (Å²) in [4.78, 5) is 16.3. The van der Waals surface area contributed by atoms with Gasteiger partial charge in [0, 0.05) is 45.3 Å². The van der Waals surface area contributed by atoms with Gasteiger partial charge in [0.15, 0.2) is 0 Å². The summed E-state index contributed by atoms with van der Waals surface area (Å²) >= 11 is 0. The molecule has 0 N–H and O–H groups in total. The van der Waals surface area contributed by atoms with Crippen LogP contribution in [0.25, 0.3) is 0 Å². The zero-order valence-corrected chi connectivity index (χ0v) is 16.7. The normalized spacial score (nSPS) is 19.3. The zero-order chi connectivity index (χ0) is 19.4. The van der Waals surface area contributed by atoms with Gasteiger partial charge < -0.3 is 14.4 Å². The van der Waals surface area contributed by atoms with Crippen LogP contribution in [0.5, 0.6) is 11.5 Å². The maximum atomic E-state index is 13.1. The van der Waals surface area contributed by atoms with Crippen molar-refractivity contribution >= 4 is 15.9 Å². The zero-order valence-electron chi connectivity index (χ0n) is 15.9. The number of carbonyl (C=O) groups excluding carboxylic acids is 1. The molecule has 0 aromatic heterocycles. The molecule has 2 saturated heterocycles. The Bertz CT molecular complexity index is 769. The Kier molecular flexibility index (Phi) is 6.23. The summed E-state index contributed by atoms with van der Waals surface area (Å²) < 4.78 is 38.0. The minimum atomic E-state index is -3.70. The van der Waals surface area contributed by atoms with Gasteiger partial charge in [-0.2, -0.15) is 4.31 Å². The van der Waals surface area contributed by atoms with Crippen molar-refractivity contribution in [2.45, 2.75) is 17.7 Å². The molecule has 150 valence electrons. The highest BCUT2D eigenvalue weighted by Crippen LogP contribution is 2.31. The molecule has 1 aromatic carbocycles. The topological polar surface area (TPSA) is 79.4 Å². The van der Waals surface area contributed by atoms with E-state index in [0.717, 1.165) is 25.9 Å². The van der Waals surface area contributed by atoms with E-state index in [0.29, 0.717) is 44.2 Å². The lowest BCUT2D eigenvalue weighted by molar-refractivity contribution is -0.131. The lowest BCUT2D eigenvalue weighted by Gasteiger charge is -2.34. The molecule has 27 heavy (non-hydrogen) atoms. The van der Waals surface area contributed by atoms with Crippen LogP contribution in [0.15, 0.2) is 23.1 Å². The molecule has 9 heteroatoms. The van der Waals surface area contributed by atoms with Crippen molar-refractivity contribution in [1.82, 2.24) is 14.1 Å². The van der Waals surface area contributed by atoms with Gasteiger partial charge in [-0.3, -0.25) is 9.69 Å². The second-order valence-corrected chi connectivity index (χ2v) is 8.69. The third kappa shape index (κ3) is 4.36. The largest absolute Gasteiger partial charge is 0.497 e. The first kappa shape index (κ1) is 19.9. The number of piperazine rings is 1. The third-order valence-corrected chi connectivity index (χ3v) is 7.06. The number of hydrogen-bond acceptors (Lipinski definition) is 6. The molecule has 0 spiro atoms. The van der Waals surface area contributed by atoms with Crippen molar-refractivity contribution in [2.75, 3.05) is 60.0 Å². The van der Waals surface area contributed by atoms with E-state index in [9.17, 15) is 13.2 Å². The number of hydrogen-bond donors (Lipinski definition) is 0. The third-order valence-electron chi connectivity index (χ3n) is 5.14. The molecule has 2 fully saturated rings. The van der Waals surface area contributed by atoms with Crippen molar-refractivity contribution in [3.63, 3.8) is 0 Å². The number of carbonyl (C=O) groups is 1. The maximum absolute atomic E-state index is 13.1. The number of amides is 1. The Morgan fingerprint density at radius 2 is 1.67 bits per heavy atom. The summed E-state index contributed by atoms with van der Waals surface area (Å²) in [6.07, 6.45) is 2.14. The lowest BCUT2D eigenvalue weighted by atomic mass is 10.3. The molecular weight excluding hydrogens is 370 g/mol. The van der Waals surface area contributed by atoms with Crippen LogP contribution < -0.4 is 9.47 Å². The van der Waals surface area contributed by atoms with Crippen LogP contribution in [0.4, 0.5) is 0 Å². The summed E-state index contributed by atoms with van der Waals surface area (Å²) in [5.41, 5.74) is 0. The van der Waals surface area contributed by atoms with Gasteiger partial charge in [0.1, 0.15) is 16.4 Å². The van der Waals surface area contributed by atoms with E-state index in [2.05, 4.69) is 0 Å². The number of benzene rings is 1. The Morgan fingerprint density at radius 3 is 2.26 bits per heavy atom. The van der Waals surface area contributed by atoms with E-state index in [1.165, 1.54) is 24.6 Å².